The van der Waals surface area contributed by atoms with Gasteiger partial charge < -0.3 is 9.97 Å². The number of para-hydroxylation sites is 4. The maximum Gasteiger partial charge on any atom is 0.0808 e. The van der Waals surface area contributed by atoms with Crippen LogP contribution in [0.25, 0.3) is 77.1 Å². The van der Waals surface area contributed by atoms with Gasteiger partial charge in [-0.1, -0.05) is 72.8 Å². The fourth-order valence-electron chi connectivity index (χ4n) is 5.86. The van der Waals surface area contributed by atoms with Gasteiger partial charge in [-0.2, -0.15) is 0 Å². The molecule has 4 aromatic heterocycles. The maximum atomic E-state index is 5.04. The molecule has 4 heteroatoms. The second kappa shape index (κ2) is 8.15. The number of benzene rings is 4. The van der Waals surface area contributed by atoms with Crippen molar-refractivity contribution in [2.45, 2.75) is 0 Å². The lowest BCUT2D eigenvalue weighted by Gasteiger charge is -2.16. The van der Waals surface area contributed by atoms with Gasteiger partial charge in [-0.15, -0.1) is 0 Å². The maximum absolute atomic E-state index is 5.04. The van der Waals surface area contributed by atoms with E-state index in [1.165, 1.54) is 21.5 Å². The van der Waals surface area contributed by atoms with E-state index in [1.807, 2.05) is 18.6 Å². The highest BCUT2D eigenvalue weighted by atomic mass is 14.7. The Labute approximate surface area is 218 Å². The van der Waals surface area contributed by atoms with Crippen LogP contribution in [-0.2, 0) is 0 Å². The number of nitrogens with one attached hydrogen (secondary N) is 2. The predicted octanol–water partition coefficient (Wildman–Crippen LogP) is 8.75. The minimum atomic E-state index is 0.947. The molecule has 0 radical (unpaired) electrons. The van der Waals surface area contributed by atoms with Crippen LogP contribution < -0.4 is 0 Å². The highest BCUT2D eigenvalue weighted by Crippen LogP contribution is 2.44. The van der Waals surface area contributed by atoms with Crippen LogP contribution in [0.4, 0.5) is 0 Å². The Morgan fingerprint density at radius 3 is 1.71 bits per heavy atom. The number of H-pyrrole nitrogens is 2. The molecule has 0 aliphatic rings. The molecule has 0 saturated heterocycles. The van der Waals surface area contributed by atoms with Gasteiger partial charge >= 0.3 is 0 Å². The average Bonchev–Trinajstić information content (AvgIpc) is 3.56. The van der Waals surface area contributed by atoms with Crippen molar-refractivity contribution in [2.24, 2.45) is 0 Å². The Balaban J connectivity index is 1.51. The molecule has 4 heterocycles. The third-order valence-electron chi connectivity index (χ3n) is 7.55. The number of aromatic amines is 2. The molecule has 0 aliphatic heterocycles. The van der Waals surface area contributed by atoms with Gasteiger partial charge in [0, 0.05) is 67.9 Å². The summed E-state index contributed by atoms with van der Waals surface area (Å²) in [5, 5.41) is 4.84. The highest BCUT2D eigenvalue weighted by molar-refractivity contribution is 6.16. The van der Waals surface area contributed by atoms with Gasteiger partial charge in [-0.25, -0.2) is 0 Å². The fraction of sp³-hybridized carbons (Fsp3) is 0. The molecule has 0 aliphatic carbocycles. The Morgan fingerprint density at radius 1 is 0.447 bits per heavy atom. The molecule has 8 rings (SSSR count). The molecule has 0 bridgehead atoms. The topological polar surface area (TPSA) is 57.4 Å². The average molecular weight is 487 g/mol. The van der Waals surface area contributed by atoms with Crippen molar-refractivity contribution in [3.05, 3.63) is 122 Å². The van der Waals surface area contributed by atoms with E-state index < -0.39 is 0 Å². The third kappa shape index (κ3) is 3.04. The van der Waals surface area contributed by atoms with Gasteiger partial charge in [-0.3, -0.25) is 9.97 Å². The van der Waals surface area contributed by atoms with E-state index in [-0.39, 0.29) is 0 Å². The van der Waals surface area contributed by atoms with Gasteiger partial charge in [0.05, 0.1) is 16.7 Å². The number of hydrogen-bond acceptors (Lipinski definition) is 2. The first-order valence-electron chi connectivity index (χ1n) is 12.8. The standard InChI is InChI=1S/C34H22N4/c1-3-13-29-23(7-1)25-9-5-11-27(32(25)37-29)31-22(21-15-18-35-19-16-21)17-20-36-34(31)28-12-6-10-26-24-8-2-4-14-30(24)38-33(26)28/h1-20,37-38H. The molecule has 4 aromatic carbocycles. The summed E-state index contributed by atoms with van der Waals surface area (Å²) < 4.78 is 0. The van der Waals surface area contributed by atoms with Gasteiger partial charge in [0.25, 0.3) is 0 Å². The fourth-order valence-corrected chi connectivity index (χ4v) is 5.86. The zero-order chi connectivity index (χ0) is 25.1. The summed E-state index contributed by atoms with van der Waals surface area (Å²) in [6.45, 7) is 0. The van der Waals surface area contributed by atoms with E-state index in [4.69, 9.17) is 4.98 Å². The first-order chi connectivity index (χ1) is 18.9. The molecule has 0 amide bonds. The zero-order valence-corrected chi connectivity index (χ0v) is 20.4. The van der Waals surface area contributed by atoms with E-state index >= 15 is 0 Å². The molecule has 0 saturated carbocycles. The molecule has 8 aromatic rings. The number of pyridine rings is 2. The highest BCUT2D eigenvalue weighted by Gasteiger charge is 2.21. The van der Waals surface area contributed by atoms with Crippen LogP contribution in [-0.4, -0.2) is 19.9 Å². The summed E-state index contributed by atoms with van der Waals surface area (Å²) in [4.78, 5) is 16.7. The van der Waals surface area contributed by atoms with Crippen LogP contribution in [0.2, 0.25) is 0 Å². The Morgan fingerprint density at radius 2 is 1.03 bits per heavy atom. The van der Waals surface area contributed by atoms with Crippen LogP contribution in [0.15, 0.2) is 122 Å². The molecular formula is C34H22N4. The van der Waals surface area contributed by atoms with Crippen molar-refractivity contribution in [2.75, 3.05) is 0 Å². The first-order valence-corrected chi connectivity index (χ1v) is 12.8. The largest absolute Gasteiger partial charge is 0.354 e. The molecule has 2 N–H and O–H groups in total. The van der Waals surface area contributed by atoms with E-state index in [2.05, 4.69) is 118 Å². The summed E-state index contributed by atoms with van der Waals surface area (Å²) in [6, 6.07) is 36.2. The van der Waals surface area contributed by atoms with Gasteiger partial charge in [0.2, 0.25) is 0 Å². The Bertz CT molecular complexity index is 2130. The lowest BCUT2D eigenvalue weighted by atomic mass is 9.90. The van der Waals surface area contributed by atoms with Crippen molar-refractivity contribution in [3.63, 3.8) is 0 Å². The summed E-state index contributed by atoms with van der Waals surface area (Å²) in [6.07, 6.45) is 5.61. The number of hydrogen-bond donors (Lipinski definition) is 2. The van der Waals surface area contributed by atoms with Crippen LogP contribution in [0.3, 0.4) is 0 Å². The quantitative estimate of drug-likeness (QED) is 0.262. The number of fused-ring (bicyclic) bond motifs is 6. The molecular weight excluding hydrogens is 464 g/mol. The van der Waals surface area contributed by atoms with E-state index in [0.29, 0.717) is 0 Å². The van der Waals surface area contributed by atoms with Gasteiger partial charge in [0.15, 0.2) is 0 Å². The normalized spacial score (nSPS) is 11.7. The molecule has 4 nitrogen and oxygen atoms in total. The molecule has 178 valence electrons. The Hall–Kier alpha value is -5.22. The lowest BCUT2D eigenvalue weighted by molar-refractivity contribution is 1.31. The number of nitrogens with zero attached hydrogens (tertiary/aromatic N) is 2. The van der Waals surface area contributed by atoms with E-state index in [1.54, 1.807) is 0 Å². The van der Waals surface area contributed by atoms with Crippen molar-refractivity contribution < 1.29 is 0 Å². The summed E-state index contributed by atoms with van der Waals surface area (Å²) >= 11 is 0. The molecule has 0 atom stereocenters. The minimum Gasteiger partial charge on any atom is -0.354 e. The van der Waals surface area contributed by atoms with Gasteiger partial charge in [-0.05, 0) is 41.5 Å². The minimum absolute atomic E-state index is 0.947. The van der Waals surface area contributed by atoms with Crippen LogP contribution in [0, 0.1) is 0 Å². The van der Waals surface area contributed by atoms with Crippen LogP contribution in [0.5, 0.6) is 0 Å². The van der Waals surface area contributed by atoms with Crippen molar-refractivity contribution in [3.8, 4) is 33.5 Å². The van der Waals surface area contributed by atoms with Crippen LogP contribution in [0.1, 0.15) is 0 Å². The molecule has 38 heavy (non-hydrogen) atoms. The monoisotopic (exact) mass is 486 g/mol. The SMILES string of the molecule is c1ccc2c(c1)[nH]c1c(-c3nccc(-c4ccncc4)c3-c3cccc4c3[nH]c3ccccc34)cccc12. The van der Waals surface area contributed by atoms with Crippen molar-refractivity contribution in [1.82, 2.24) is 19.9 Å². The summed E-state index contributed by atoms with van der Waals surface area (Å²) in [5.74, 6) is 0. The predicted molar refractivity (Wildman–Crippen MR) is 157 cm³/mol. The lowest BCUT2D eigenvalue weighted by Crippen LogP contribution is -1.95. The summed E-state index contributed by atoms with van der Waals surface area (Å²) in [7, 11) is 0. The van der Waals surface area contributed by atoms with Gasteiger partial charge in [0.1, 0.15) is 0 Å². The van der Waals surface area contributed by atoms with Crippen molar-refractivity contribution in [1.29, 1.82) is 0 Å². The second-order valence-corrected chi connectivity index (χ2v) is 9.62. The number of rotatable bonds is 3. The second-order valence-electron chi connectivity index (χ2n) is 9.62. The molecule has 0 unspecified atom stereocenters. The van der Waals surface area contributed by atoms with Crippen LogP contribution >= 0.6 is 0 Å². The Kier molecular flexibility index (Phi) is 4.49. The zero-order valence-electron chi connectivity index (χ0n) is 20.4. The number of aromatic nitrogens is 4. The molecule has 0 fully saturated rings. The first kappa shape index (κ1) is 20.9. The van der Waals surface area contributed by atoms with Crippen molar-refractivity contribution >= 4 is 43.6 Å². The van der Waals surface area contributed by atoms with E-state index in [9.17, 15) is 0 Å². The smallest absolute Gasteiger partial charge is 0.0808 e. The molecule has 0 spiro atoms. The van der Waals surface area contributed by atoms with E-state index in [0.717, 1.165) is 55.6 Å². The third-order valence-corrected chi connectivity index (χ3v) is 7.55. The summed E-state index contributed by atoms with van der Waals surface area (Å²) in [5.41, 5.74) is 10.9.